The molecule has 0 aliphatic rings. The minimum atomic E-state index is -0.0614. The molecule has 0 fully saturated rings. The molecule has 0 aromatic carbocycles. The number of nitrogen functional groups attached to an aromatic ring is 1. The van der Waals surface area contributed by atoms with Crippen molar-refractivity contribution in [2.24, 2.45) is 5.92 Å². The molecule has 90 valence electrons. The summed E-state index contributed by atoms with van der Waals surface area (Å²) in [7, 11) is 0. The molecule has 0 atom stereocenters. The van der Waals surface area contributed by atoms with Gasteiger partial charge in [-0.25, -0.2) is 9.67 Å². The zero-order valence-electron chi connectivity index (χ0n) is 9.81. The van der Waals surface area contributed by atoms with Gasteiger partial charge in [0, 0.05) is 6.54 Å². The minimum absolute atomic E-state index is 0.0614. The Morgan fingerprint density at radius 1 is 1.62 bits per heavy atom. The van der Waals surface area contributed by atoms with Crippen LogP contribution < -0.4 is 11.1 Å². The number of hydrogen-bond donors (Lipinski definition) is 2. The van der Waals surface area contributed by atoms with Crippen LogP contribution in [0.15, 0.2) is 6.33 Å². The van der Waals surface area contributed by atoms with Crippen LogP contribution >= 0.6 is 0 Å². The van der Waals surface area contributed by atoms with Crippen LogP contribution in [-0.4, -0.2) is 27.2 Å². The molecule has 1 aromatic heterocycles. The highest BCUT2D eigenvalue weighted by molar-refractivity contribution is 5.75. The summed E-state index contributed by atoms with van der Waals surface area (Å²) in [5.74, 6) is 0.799. The summed E-state index contributed by atoms with van der Waals surface area (Å²) in [6, 6.07) is 0. The summed E-state index contributed by atoms with van der Waals surface area (Å²) in [4.78, 5) is 15.2. The van der Waals surface area contributed by atoms with Gasteiger partial charge in [-0.05, 0) is 18.8 Å². The predicted molar refractivity (Wildman–Crippen MR) is 61.5 cm³/mol. The molecule has 0 aliphatic carbocycles. The van der Waals surface area contributed by atoms with E-state index in [1.165, 1.54) is 11.0 Å². The fourth-order valence-electron chi connectivity index (χ4n) is 1.33. The third-order valence-corrected chi connectivity index (χ3v) is 2.14. The number of nitrogens with two attached hydrogens (primary N) is 1. The standard InChI is InChI=1S/C10H19N5O/c1-8(2)4-3-5-12-9(16)6-15-7-13-10(11)14-15/h7-8H,3-6H2,1-2H3,(H2,11,14)(H,12,16). The van der Waals surface area contributed by atoms with Crippen molar-refractivity contribution in [1.82, 2.24) is 20.1 Å². The Morgan fingerprint density at radius 3 is 2.94 bits per heavy atom. The van der Waals surface area contributed by atoms with Gasteiger partial charge in [0.25, 0.3) is 0 Å². The Labute approximate surface area is 95.2 Å². The van der Waals surface area contributed by atoms with Gasteiger partial charge in [-0.2, -0.15) is 0 Å². The summed E-state index contributed by atoms with van der Waals surface area (Å²) >= 11 is 0. The molecule has 3 N–H and O–H groups in total. The number of nitrogens with zero attached hydrogens (tertiary/aromatic N) is 3. The number of nitrogens with one attached hydrogen (secondary N) is 1. The lowest BCUT2D eigenvalue weighted by Crippen LogP contribution is -2.28. The van der Waals surface area contributed by atoms with Crippen LogP contribution in [0.5, 0.6) is 0 Å². The first kappa shape index (κ1) is 12.5. The number of aromatic nitrogens is 3. The molecule has 1 heterocycles. The Hall–Kier alpha value is -1.59. The highest BCUT2D eigenvalue weighted by Gasteiger charge is 2.03. The fourth-order valence-corrected chi connectivity index (χ4v) is 1.33. The first-order valence-corrected chi connectivity index (χ1v) is 5.49. The van der Waals surface area contributed by atoms with E-state index in [4.69, 9.17) is 5.73 Å². The van der Waals surface area contributed by atoms with E-state index in [2.05, 4.69) is 29.2 Å². The molecule has 0 radical (unpaired) electrons. The van der Waals surface area contributed by atoms with Crippen LogP contribution in [0.3, 0.4) is 0 Å². The van der Waals surface area contributed by atoms with Gasteiger partial charge in [-0.15, -0.1) is 5.10 Å². The predicted octanol–water partition coefficient (Wildman–Crippen LogP) is 0.413. The number of hydrogen-bond acceptors (Lipinski definition) is 4. The highest BCUT2D eigenvalue weighted by Crippen LogP contribution is 2.01. The van der Waals surface area contributed by atoms with Gasteiger partial charge in [0.05, 0.1) is 0 Å². The summed E-state index contributed by atoms with van der Waals surface area (Å²) in [5.41, 5.74) is 5.33. The van der Waals surface area contributed by atoms with Crippen molar-refractivity contribution in [3.05, 3.63) is 6.33 Å². The molecule has 1 rings (SSSR count). The smallest absolute Gasteiger partial charge is 0.241 e. The van der Waals surface area contributed by atoms with Gasteiger partial charge in [0.15, 0.2) is 0 Å². The Bertz CT molecular complexity index is 334. The highest BCUT2D eigenvalue weighted by atomic mass is 16.2. The van der Waals surface area contributed by atoms with Crippen molar-refractivity contribution < 1.29 is 4.79 Å². The number of carbonyl (C=O) groups is 1. The second kappa shape index (κ2) is 6.09. The second-order valence-electron chi connectivity index (χ2n) is 4.19. The average Bonchev–Trinajstić information content (AvgIpc) is 2.58. The molecular formula is C10H19N5O. The lowest BCUT2D eigenvalue weighted by atomic mass is 10.1. The van der Waals surface area contributed by atoms with Crippen LogP contribution in [0.1, 0.15) is 26.7 Å². The van der Waals surface area contributed by atoms with E-state index in [9.17, 15) is 4.79 Å². The van der Waals surface area contributed by atoms with Crippen molar-refractivity contribution in [2.75, 3.05) is 12.3 Å². The van der Waals surface area contributed by atoms with Crippen LogP contribution in [0.25, 0.3) is 0 Å². The number of carbonyl (C=O) groups excluding carboxylic acids is 1. The van der Waals surface area contributed by atoms with Gasteiger partial charge in [-0.1, -0.05) is 13.8 Å². The third kappa shape index (κ3) is 4.77. The van der Waals surface area contributed by atoms with E-state index in [1.54, 1.807) is 0 Å². The quantitative estimate of drug-likeness (QED) is 0.687. The molecule has 0 saturated heterocycles. The zero-order chi connectivity index (χ0) is 12.0. The molecular weight excluding hydrogens is 206 g/mol. The van der Waals surface area contributed by atoms with Crippen molar-refractivity contribution in [3.8, 4) is 0 Å². The monoisotopic (exact) mass is 225 g/mol. The lowest BCUT2D eigenvalue weighted by Gasteiger charge is -2.06. The van der Waals surface area contributed by atoms with E-state index < -0.39 is 0 Å². The number of rotatable bonds is 6. The average molecular weight is 225 g/mol. The molecule has 0 saturated carbocycles. The molecule has 1 aromatic rings. The van der Waals surface area contributed by atoms with Gasteiger partial charge >= 0.3 is 0 Å². The SMILES string of the molecule is CC(C)CCCNC(=O)Cn1cnc(N)n1. The topological polar surface area (TPSA) is 85.8 Å². The molecule has 6 nitrogen and oxygen atoms in total. The number of anilines is 1. The van der Waals surface area contributed by atoms with Gasteiger partial charge < -0.3 is 11.1 Å². The maximum Gasteiger partial charge on any atom is 0.241 e. The van der Waals surface area contributed by atoms with E-state index in [-0.39, 0.29) is 18.4 Å². The number of amides is 1. The lowest BCUT2D eigenvalue weighted by molar-refractivity contribution is -0.121. The Balaban J connectivity index is 2.16. The summed E-state index contributed by atoms with van der Waals surface area (Å²) in [6.45, 7) is 5.22. The van der Waals surface area contributed by atoms with Gasteiger partial charge in [-0.3, -0.25) is 4.79 Å². The molecule has 0 bridgehead atoms. The van der Waals surface area contributed by atoms with Crippen LogP contribution in [0, 0.1) is 5.92 Å². The van der Waals surface area contributed by atoms with E-state index >= 15 is 0 Å². The molecule has 0 aliphatic heterocycles. The maximum atomic E-state index is 11.4. The van der Waals surface area contributed by atoms with Gasteiger partial charge in [0.2, 0.25) is 11.9 Å². The summed E-state index contributed by atoms with van der Waals surface area (Å²) < 4.78 is 1.42. The van der Waals surface area contributed by atoms with E-state index in [0.29, 0.717) is 12.5 Å². The van der Waals surface area contributed by atoms with Crippen molar-refractivity contribution >= 4 is 11.9 Å². The first-order chi connectivity index (χ1) is 7.58. The first-order valence-electron chi connectivity index (χ1n) is 5.49. The Kier molecular flexibility index (Phi) is 4.75. The molecule has 0 spiro atoms. The Morgan fingerprint density at radius 2 is 2.38 bits per heavy atom. The largest absolute Gasteiger partial charge is 0.367 e. The minimum Gasteiger partial charge on any atom is -0.367 e. The maximum absolute atomic E-state index is 11.4. The van der Waals surface area contributed by atoms with Crippen LogP contribution in [0.4, 0.5) is 5.95 Å². The summed E-state index contributed by atoms with van der Waals surface area (Å²) in [5, 5.41) is 6.66. The normalized spacial score (nSPS) is 10.7. The molecule has 0 unspecified atom stereocenters. The third-order valence-electron chi connectivity index (χ3n) is 2.14. The van der Waals surface area contributed by atoms with E-state index in [1.807, 2.05) is 0 Å². The fraction of sp³-hybridized carbons (Fsp3) is 0.700. The van der Waals surface area contributed by atoms with Crippen molar-refractivity contribution in [3.63, 3.8) is 0 Å². The summed E-state index contributed by atoms with van der Waals surface area (Å²) in [6.07, 6.45) is 3.57. The zero-order valence-corrected chi connectivity index (χ0v) is 9.81. The van der Waals surface area contributed by atoms with E-state index in [0.717, 1.165) is 12.8 Å². The van der Waals surface area contributed by atoms with Crippen molar-refractivity contribution in [2.45, 2.75) is 33.2 Å². The molecule has 16 heavy (non-hydrogen) atoms. The molecule has 6 heteroatoms. The van der Waals surface area contributed by atoms with Crippen LogP contribution in [-0.2, 0) is 11.3 Å². The van der Waals surface area contributed by atoms with Crippen LogP contribution in [0.2, 0.25) is 0 Å². The van der Waals surface area contributed by atoms with Gasteiger partial charge in [0.1, 0.15) is 12.9 Å². The second-order valence-corrected chi connectivity index (χ2v) is 4.19. The van der Waals surface area contributed by atoms with Crippen molar-refractivity contribution in [1.29, 1.82) is 0 Å². The molecule has 1 amide bonds.